The van der Waals surface area contributed by atoms with Crippen molar-refractivity contribution in [1.82, 2.24) is 19.5 Å². The second-order valence-electron chi connectivity index (χ2n) is 5.31. The summed E-state index contributed by atoms with van der Waals surface area (Å²) in [7, 11) is 0. The Morgan fingerprint density at radius 1 is 1.12 bits per heavy atom. The van der Waals surface area contributed by atoms with E-state index in [9.17, 15) is 4.79 Å². The van der Waals surface area contributed by atoms with E-state index in [2.05, 4.69) is 10.1 Å². The quantitative estimate of drug-likeness (QED) is 0.699. The number of rotatable bonds is 6. The first-order chi connectivity index (χ1) is 11.7. The van der Waals surface area contributed by atoms with Crippen molar-refractivity contribution >= 4 is 11.6 Å². The van der Waals surface area contributed by atoms with Gasteiger partial charge in [-0.15, -0.1) is 0 Å². The number of fused-ring (bicyclic) bond motifs is 1. The van der Waals surface area contributed by atoms with Crippen LogP contribution in [0.25, 0.3) is 5.65 Å². The first kappa shape index (κ1) is 16.0. The van der Waals surface area contributed by atoms with Gasteiger partial charge >= 0.3 is 0 Å². The number of para-hydroxylation sites is 1. The molecule has 1 amide bonds. The van der Waals surface area contributed by atoms with Gasteiger partial charge in [0.15, 0.2) is 5.65 Å². The average Bonchev–Trinajstić information content (AvgIpc) is 3.10. The van der Waals surface area contributed by atoms with Gasteiger partial charge in [-0.1, -0.05) is 18.2 Å². The fourth-order valence-corrected chi connectivity index (χ4v) is 2.61. The van der Waals surface area contributed by atoms with E-state index in [-0.39, 0.29) is 5.91 Å². The molecule has 0 atom stereocenters. The summed E-state index contributed by atoms with van der Waals surface area (Å²) in [5.41, 5.74) is 2.21. The van der Waals surface area contributed by atoms with Gasteiger partial charge in [-0.25, -0.2) is 9.50 Å². The van der Waals surface area contributed by atoms with Crippen LogP contribution in [0.4, 0.5) is 0 Å². The third kappa shape index (κ3) is 3.08. The third-order valence-corrected chi connectivity index (χ3v) is 3.92. The van der Waals surface area contributed by atoms with E-state index in [1.165, 1.54) is 6.33 Å². The Kier molecular flexibility index (Phi) is 4.74. The zero-order chi connectivity index (χ0) is 16.9. The number of carbonyl (C=O) groups is 1. The van der Waals surface area contributed by atoms with Crippen molar-refractivity contribution in [3.05, 3.63) is 60.0 Å². The zero-order valence-corrected chi connectivity index (χ0v) is 13.8. The van der Waals surface area contributed by atoms with Crippen molar-refractivity contribution in [1.29, 1.82) is 0 Å². The summed E-state index contributed by atoms with van der Waals surface area (Å²) in [4.78, 5) is 18.6. The van der Waals surface area contributed by atoms with Gasteiger partial charge in [0, 0.05) is 13.1 Å². The molecular formula is C18H20N4O2. The topological polar surface area (TPSA) is 59.7 Å². The van der Waals surface area contributed by atoms with E-state index >= 15 is 0 Å². The first-order valence-corrected chi connectivity index (χ1v) is 8.03. The highest BCUT2D eigenvalue weighted by Gasteiger charge is 2.17. The lowest BCUT2D eigenvalue weighted by Crippen LogP contribution is -2.30. The molecule has 0 aliphatic heterocycles. The summed E-state index contributed by atoms with van der Waals surface area (Å²) in [6.07, 6.45) is 1.51. The summed E-state index contributed by atoms with van der Waals surface area (Å²) in [5.74, 6) is 0.557. The normalized spacial score (nSPS) is 10.8. The van der Waals surface area contributed by atoms with Crippen LogP contribution in [-0.2, 0) is 6.61 Å². The molecule has 0 aliphatic rings. The Morgan fingerprint density at radius 3 is 2.71 bits per heavy atom. The second-order valence-corrected chi connectivity index (χ2v) is 5.31. The average molecular weight is 324 g/mol. The maximum Gasteiger partial charge on any atom is 0.257 e. The molecule has 24 heavy (non-hydrogen) atoms. The lowest BCUT2D eigenvalue weighted by atomic mass is 10.1. The molecule has 6 nitrogen and oxygen atoms in total. The van der Waals surface area contributed by atoms with Crippen LogP contribution in [0.3, 0.4) is 0 Å². The largest absolute Gasteiger partial charge is 0.486 e. The van der Waals surface area contributed by atoms with Crippen molar-refractivity contribution in [3.8, 4) is 5.75 Å². The van der Waals surface area contributed by atoms with Gasteiger partial charge in [-0.2, -0.15) is 5.10 Å². The van der Waals surface area contributed by atoms with Gasteiger partial charge in [0.25, 0.3) is 5.91 Å². The summed E-state index contributed by atoms with van der Waals surface area (Å²) in [6.45, 7) is 5.58. The molecule has 0 spiro atoms. The Morgan fingerprint density at radius 2 is 1.92 bits per heavy atom. The van der Waals surface area contributed by atoms with Gasteiger partial charge < -0.3 is 9.64 Å². The molecule has 0 bridgehead atoms. The van der Waals surface area contributed by atoms with Crippen LogP contribution in [0, 0.1) is 0 Å². The van der Waals surface area contributed by atoms with Crippen LogP contribution in [-0.4, -0.2) is 38.5 Å². The Labute approximate surface area is 140 Å². The molecule has 0 N–H and O–H groups in total. The molecule has 6 heteroatoms. The molecule has 3 aromatic rings. The van der Waals surface area contributed by atoms with Crippen LogP contribution in [0.5, 0.6) is 5.75 Å². The third-order valence-electron chi connectivity index (χ3n) is 3.92. The van der Waals surface area contributed by atoms with E-state index in [4.69, 9.17) is 4.74 Å². The number of hydrogen-bond donors (Lipinski definition) is 0. The minimum atomic E-state index is -0.0189. The predicted molar refractivity (Wildman–Crippen MR) is 91.0 cm³/mol. The molecule has 0 radical (unpaired) electrons. The van der Waals surface area contributed by atoms with Crippen molar-refractivity contribution in [3.63, 3.8) is 0 Å². The molecule has 2 heterocycles. The number of benzene rings is 1. The Balaban J connectivity index is 1.83. The smallest absolute Gasteiger partial charge is 0.257 e. The number of pyridine rings is 1. The zero-order valence-electron chi connectivity index (χ0n) is 13.8. The highest BCUT2D eigenvalue weighted by Crippen LogP contribution is 2.21. The molecule has 0 fully saturated rings. The van der Waals surface area contributed by atoms with Crippen LogP contribution >= 0.6 is 0 Å². The summed E-state index contributed by atoms with van der Waals surface area (Å²) >= 11 is 0. The number of ether oxygens (including phenoxy) is 1. The van der Waals surface area contributed by atoms with Gasteiger partial charge in [0.1, 0.15) is 18.7 Å². The fourth-order valence-electron chi connectivity index (χ4n) is 2.61. The first-order valence-electron chi connectivity index (χ1n) is 8.03. The number of hydrogen-bond acceptors (Lipinski definition) is 4. The lowest BCUT2D eigenvalue weighted by Gasteiger charge is -2.20. The fraction of sp³-hybridized carbons (Fsp3) is 0.278. The van der Waals surface area contributed by atoms with Gasteiger partial charge in [-0.05, 0) is 38.1 Å². The van der Waals surface area contributed by atoms with Crippen molar-refractivity contribution in [2.75, 3.05) is 13.1 Å². The summed E-state index contributed by atoms with van der Waals surface area (Å²) < 4.78 is 7.66. The minimum Gasteiger partial charge on any atom is -0.486 e. The maximum absolute atomic E-state index is 12.6. The molecule has 2 aromatic heterocycles. The molecule has 0 unspecified atom stereocenters. The Hall–Kier alpha value is -2.89. The SMILES string of the molecule is CCN(CC)C(=O)c1ccccc1OCc1cccc2ncnn12. The van der Waals surface area contributed by atoms with E-state index in [1.54, 1.807) is 15.5 Å². The van der Waals surface area contributed by atoms with Crippen molar-refractivity contribution < 1.29 is 9.53 Å². The van der Waals surface area contributed by atoms with Crippen LogP contribution in [0.15, 0.2) is 48.8 Å². The van der Waals surface area contributed by atoms with E-state index in [1.807, 2.05) is 50.2 Å². The van der Waals surface area contributed by atoms with E-state index in [0.717, 1.165) is 11.3 Å². The monoisotopic (exact) mass is 324 g/mol. The van der Waals surface area contributed by atoms with Gasteiger partial charge in [0.2, 0.25) is 0 Å². The molecule has 0 saturated heterocycles. The lowest BCUT2D eigenvalue weighted by molar-refractivity contribution is 0.0768. The standard InChI is InChI=1S/C18H20N4O2/c1-3-21(4-2)18(23)15-9-5-6-10-16(15)24-12-14-8-7-11-17-19-13-20-22(14)17/h5-11,13H,3-4,12H2,1-2H3. The van der Waals surface area contributed by atoms with Crippen LogP contribution < -0.4 is 4.74 Å². The molecule has 1 aromatic carbocycles. The number of amides is 1. The van der Waals surface area contributed by atoms with Crippen LogP contribution in [0.1, 0.15) is 29.9 Å². The highest BCUT2D eigenvalue weighted by atomic mass is 16.5. The molecule has 0 aliphatic carbocycles. The number of carbonyl (C=O) groups excluding carboxylic acids is 1. The van der Waals surface area contributed by atoms with Gasteiger partial charge in [-0.3, -0.25) is 4.79 Å². The molecular weight excluding hydrogens is 304 g/mol. The Bertz CT molecular complexity index is 840. The van der Waals surface area contributed by atoms with E-state index < -0.39 is 0 Å². The minimum absolute atomic E-state index is 0.0189. The molecule has 3 rings (SSSR count). The summed E-state index contributed by atoms with van der Waals surface area (Å²) in [6, 6.07) is 13.1. The van der Waals surface area contributed by atoms with Gasteiger partial charge in [0.05, 0.1) is 11.3 Å². The number of nitrogens with zero attached hydrogens (tertiary/aromatic N) is 4. The summed E-state index contributed by atoms with van der Waals surface area (Å²) in [5, 5.41) is 4.19. The van der Waals surface area contributed by atoms with E-state index in [0.29, 0.717) is 31.0 Å². The number of aromatic nitrogens is 3. The molecule has 0 saturated carbocycles. The maximum atomic E-state index is 12.6. The second kappa shape index (κ2) is 7.12. The van der Waals surface area contributed by atoms with Crippen molar-refractivity contribution in [2.45, 2.75) is 20.5 Å². The molecule has 124 valence electrons. The van der Waals surface area contributed by atoms with Crippen LogP contribution in [0.2, 0.25) is 0 Å². The highest BCUT2D eigenvalue weighted by molar-refractivity contribution is 5.96. The van der Waals surface area contributed by atoms with Crippen molar-refractivity contribution in [2.24, 2.45) is 0 Å². The predicted octanol–water partition coefficient (Wildman–Crippen LogP) is 2.79.